The van der Waals surface area contributed by atoms with Gasteiger partial charge in [0.15, 0.2) is 5.96 Å². The first-order valence-electron chi connectivity index (χ1n) is 8.98. The Hall–Kier alpha value is -1.49. The monoisotopic (exact) mass is 501 g/mol. The molecule has 7 nitrogen and oxygen atoms in total. The summed E-state index contributed by atoms with van der Waals surface area (Å²) in [5.74, 6) is 0.933. The van der Waals surface area contributed by atoms with Crippen molar-refractivity contribution in [2.24, 2.45) is 28.7 Å². The van der Waals surface area contributed by atoms with Gasteiger partial charge in [0.2, 0.25) is 11.8 Å². The third-order valence-corrected chi connectivity index (χ3v) is 6.43. The number of allylic oxidation sites excluding steroid dienone is 2. The van der Waals surface area contributed by atoms with E-state index in [2.05, 4.69) is 32.8 Å². The second-order valence-electron chi connectivity index (χ2n) is 7.03. The molecule has 1 aromatic rings. The molecule has 146 valence electrons. The van der Waals surface area contributed by atoms with E-state index in [1.54, 1.807) is 18.4 Å². The van der Waals surface area contributed by atoms with Gasteiger partial charge in [-0.1, -0.05) is 12.2 Å². The average Bonchev–Trinajstić information content (AvgIpc) is 3.38. The molecular weight excluding hydrogens is 477 g/mol. The minimum absolute atomic E-state index is 0. The van der Waals surface area contributed by atoms with Crippen LogP contribution in [0.15, 0.2) is 23.3 Å². The Morgan fingerprint density at radius 3 is 2.48 bits per heavy atom. The topological polar surface area (TPSA) is 86.7 Å². The van der Waals surface area contributed by atoms with Gasteiger partial charge in [-0.05, 0) is 25.2 Å². The summed E-state index contributed by atoms with van der Waals surface area (Å²) in [4.78, 5) is 36.3. The van der Waals surface area contributed by atoms with Gasteiger partial charge < -0.3 is 10.6 Å². The zero-order valence-electron chi connectivity index (χ0n) is 15.3. The molecule has 4 rings (SSSR count). The van der Waals surface area contributed by atoms with E-state index in [-0.39, 0.29) is 59.5 Å². The molecule has 4 atom stereocenters. The number of aromatic nitrogens is 1. The summed E-state index contributed by atoms with van der Waals surface area (Å²) in [5.41, 5.74) is 0. The van der Waals surface area contributed by atoms with E-state index in [1.807, 2.05) is 13.1 Å². The second-order valence-corrected chi connectivity index (χ2v) is 8.35. The Morgan fingerprint density at radius 2 is 1.93 bits per heavy atom. The number of fused-ring (bicyclic) bond motifs is 5. The number of hydrogen-bond acceptors (Lipinski definition) is 5. The molecule has 0 radical (unpaired) electrons. The number of aryl methyl sites for hydroxylation is 1. The molecule has 2 N–H and O–H groups in total. The van der Waals surface area contributed by atoms with Gasteiger partial charge in [-0.25, -0.2) is 4.98 Å². The zero-order valence-corrected chi connectivity index (χ0v) is 18.5. The maximum Gasteiger partial charge on any atom is 0.233 e. The van der Waals surface area contributed by atoms with Gasteiger partial charge in [0.05, 0.1) is 23.4 Å². The van der Waals surface area contributed by atoms with Crippen LogP contribution in [0.2, 0.25) is 0 Å². The van der Waals surface area contributed by atoms with Crippen molar-refractivity contribution in [3.63, 3.8) is 0 Å². The molecule has 2 heterocycles. The van der Waals surface area contributed by atoms with E-state index in [4.69, 9.17) is 0 Å². The highest BCUT2D eigenvalue weighted by molar-refractivity contribution is 14.0. The molecule has 1 aliphatic heterocycles. The zero-order chi connectivity index (χ0) is 18.3. The molecule has 0 spiro atoms. The first kappa shape index (κ1) is 20.2. The lowest BCUT2D eigenvalue weighted by molar-refractivity contribution is -0.140. The van der Waals surface area contributed by atoms with Gasteiger partial charge in [-0.2, -0.15) is 0 Å². The quantitative estimate of drug-likeness (QED) is 0.210. The van der Waals surface area contributed by atoms with Gasteiger partial charge in [-0.15, -0.1) is 35.3 Å². The lowest BCUT2D eigenvalue weighted by Gasteiger charge is -2.18. The summed E-state index contributed by atoms with van der Waals surface area (Å²) >= 11 is 1.64. The minimum atomic E-state index is -0.121. The van der Waals surface area contributed by atoms with E-state index in [1.165, 1.54) is 4.90 Å². The van der Waals surface area contributed by atoms with E-state index < -0.39 is 0 Å². The number of hydrogen-bond donors (Lipinski definition) is 2. The maximum absolute atomic E-state index is 12.6. The maximum atomic E-state index is 12.6. The fourth-order valence-electron chi connectivity index (χ4n) is 4.35. The van der Waals surface area contributed by atoms with Gasteiger partial charge in [0, 0.05) is 31.2 Å². The Bertz CT molecular complexity index is 762. The van der Waals surface area contributed by atoms with Crippen LogP contribution in [0.1, 0.15) is 16.3 Å². The number of nitrogens with one attached hydrogen (secondary N) is 2. The molecule has 2 amide bonds. The molecule has 2 bridgehead atoms. The van der Waals surface area contributed by atoms with Crippen molar-refractivity contribution in [1.82, 2.24) is 20.5 Å². The molecule has 3 aliphatic rings. The third kappa shape index (κ3) is 3.75. The molecular formula is C18H24IN5O2S. The van der Waals surface area contributed by atoms with Crippen molar-refractivity contribution in [2.45, 2.75) is 19.9 Å². The average molecular weight is 501 g/mol. The number of imide groups is 1. The highest BCUT2D eigenvalue weighted by Crippen LogP contribution is 2.52. The predicted molar refractivity (Wildman–Crippen MR) is 115 cm³/mol. The van der Waals surface area contributed by atoms with Crippen LogP contribution in [0.4, 0.5) is 0 Å². The van der Waals surface area contributed by atoms with Crippen molar-refractivity contribution in [3.05, 3.63) is 28.2 Å². The van der Waals surface area contributed by atoms with Gasteiger partial charge >= 0.3 is 0 Å². The Kier molecular flexibility index (Phi) is 6.19. The summed E-state index contributed by atoms with van der Waals surface area (Å²) in [6, 6.07) is 0. The summed E-state index contributed by atoms with van der Waals surface area (Å²) in [5, 5.41) is 7.43. The number of thiazole rings is 1. The first-order valence-corrected chi connectivity index (χ1v) is 9.79. The molecule has 1 aromatic heterocycles. The molecule has 1 saturated carbocycles. The molecule has 0 aromatic carbocycles. The molecule has 2 aliphatic carbocycles. The minimum Gasteiger partial charge on any atom is -0.355 e. The number of carbonyl (C=O) groups excluding carboxylic acids is 2. The Labute approximate surface area is 179 Å². The van der Waals surface area contributed by atoms with Crippen LogP contribution < -0.4 is 10.6 Å². The molecule has 1 saturated heterocycles. The standard InChI is InChI=1S/C18H23N5O2S.HI/c1-10-21-8-13(26-10)9-22-18(19-2)20-5-6-23-16(24)14-11-3-4-12(7-11)15(14)17(23)25;/h3-4,8,11-12,14-15H,5-7,9H2,1-2H3,(H2,19,20,22);1H. The highest BCUT2D eigenvalue weighted by atomic mass is 127. The van der Waals surface area contributed by atoms with E-state index in [0.29, 0.717) is 25.6 Å². The number of guanidine groups is 1. The fourth-order valence-corrected chi connectivity index (χ4v) is 5.08. The SMILES string of the molecule is CN=C(NCCN1C(=O)C2C3C=CC(C3)C2C1=O)NCc1cnc(C)s1.I. The predicted octanol–water partition coefficient (Wildman–Crippen LogP) is 1.54. The summed E-state index contributed by atoms with van der Waals surface area (Å²) in [6.07, 6.45) is 7.05. The fraction of sp³-hybridized carbons (Fsp3) is 0.556. The largest absolute Gasteiger partial charge is 0.355 e. The van der Waals surface area contributed by atoms with Gasteiger partial charge in [-0.3, -0.25) is 19.5 Å². The smallest absolute Gasteiger partial charge is 0.233 e. The van der Waals surface area contributed by atoms with Crippen LogP contribution in [0, 0.1) is 30.6 Å². The molecule has 27 heavy (non-hydrogen) atoms. The van der Waals surface area contributed by atoms with Gasteiger partial charge in [0.1, 0.15) is 0 Å². The highest BCUT2D eigenvalue weighted by Gasteiger charge is 2.58. The van der Waals surface area contributed by atoms with Crippen molar-refractivity contribution in [2.75, 3.05) is 20.1 Å². The van der Waals surface area contributed by atoms with Crippen molar-refractivity contribution in [3.8, 4) is 0 Å². The first-order chi connectivity index (χ1) is 12.6. The number of amides is 2. The summed E-state index contributed by atoms with van der Waals surface area (Å²) in [7, 11) is 1.70. The lowest BCUT2D eigenvalue weighted by atomic mass is 9.85. The van der Waals surface area contributed by atoms with Gasteiger partial charge in [0.25, 0.3) is 0 Å². The number of rotatable bonds is 5. The van der Waals surface area contributed by atoms with Crippen molar-refractivity contribution >= 4 is 53.1 Å². The normalized spacial score (nSPS) is 28.5. The number of aliphatic imine (C=N–C) groups is 1. The second kappa shape index (κ2) is 8.26. The third-order valence-electron chi connectivity index (χ3n) is 5.51. The molecule has 9 heteroatoms. The lowest BCUT2D eigenvalue weighted by Crippen LogP contribution is -2.43. The summed E-state index contributed by atoms with van der Waals surface area (Å²) < 4.78 is 0. The number of nitrogens with zero attached hydrogens (tertiary/aromatic N) is 3. The van der Waals surface area contributed by atoms with Crippen LogP contribution >= 0.6 is 35.3 Å². The van der Waals surface area contributed by atoms with E-state index in [9.17, 15) is 9.59 Å². The van der Waals surface area contributed by atoms with Crippen LogP contribution in [0.3, 0.4) is 0 Å². The van der Waals surface area contributed by atoms with Crippen LogP contribution in [-0.4, -0.2) is 47.8 Å². The summed E-state index contributed by atoms with van der Waals surface area (Å²) in [6.45, 7) is 3.49. The number of carbonyl (C=O) groups is 2. The van der Waals surface area contributed by atoms with Crippen LogP contribution in [-0.2, 0) is 16.1 Å². The Balaban J connectivity index is 0.00000210. The van der Waals surface area contributed by atoms with Crippen molar-refractivity contribution < 1.29 is 9.59 Å². The molecule has 2 fully saturated rings. The van der Waals surface area contributed by atoms with Crippen molar-refractivity contribution in [1.29, 1.82) is 0 Å². The van der Waals surface area contributed by atoms with E-state index in [0.717, 1.165) is 16.3 Å². The molecule has 4 unspecified atom stereocenters. The van der Waals surface area contributed by atoms with Crippen LogP contribution in [0.25, 0.3) is 0 Å². The van der Waals surface area contributed by atoms with E-state index >= 15 is 0 Å². The van der Waals surface area contributed by atoms with Crippen LogP contribution in [0.5, 0.6) is 0 Å². The number of likely N-dealkylation sites (tertiary alicyclic amines) is 1. The number of halogens is 1. The Morgan fingerprint density at radius 1 is 1.26 bits per heavy atom.